The number of primary amides is 1. The fourth-order valence-corrected chi connectivity index (χ4v) is 3.69. The van der Waals surface area contributed by atoms with Gasteiger partial charge in [-0.1, -0.05) is 11.3 Å². The van der Waals surface area contributed by atoms with E-state index in [1.54, 1.807) is 4.90 Å². The first-order chi connectivity index (χ1) is 11.5. The highest BCUT2D eigenvalue weighted by atomic mass is 32.1. The zero-order valence-corrected chi connectivity index (χ0v) is 13.4. The third-order valence-corrected chi connectivity index (χ3v) is 5.06. The average Bonchev–Trinajstić information content (AvgIpc) is 3.23. The normalized spacial score (nSPS) is 17.7. The Morgan fingerprint density at radius 3 is 2.92 bits per heavy atom. The lowest BCUT2D eigenvalue weighted by Crippen LogP contribution is -2.39. The summed E-state index contributed by atoms with van der Waals surface area (Å²) in [6, 6.07) is 2.80. The number of piperidine rings is 1. The molecular weight excluding hydrogens is 334 g/mol. The van der Waals surface area contributed by atoms with Crippen LogP contribution in [0.15, 0.2) is 18.3 Å². The third kappa shape index (κ3) is 3.00. The first-order valence-electron chi connectivity index (χ1n) is 7.34. The Morgan fingerprint density at radius 1 is 1.46 bits per heavy atom. The van der Waals surface area contributed by atoms with Crippen LogP contribution in [0.25, 0.3) is 0 Å². The smallest absolute Gasteiger partial charge is 0.324 e. The van der Waals surface area contributed by atoms with E-state index in [2.05, 4.69) is 10.2 Å². The van der Waals surface area contributed by atoms with E-state index in [9.17, 15) is 19.7 Å². The summed E-state index contributed by atoms with van der Waals surface area (Å²) >= 11 is 0.865. The Balaban J connectivity index is 1.77. The van der Waals surface area contributed by atoms with Gasteiger partial charge in [0.15, 0.2) is 0 Å². The summed E-state index contributed by atoms with van der Waals surface area (Å²) in [5.74, 6) is -0.864. The number of aromatic nitrogens is 2. The highest BCUT2D eigenvalue weighted by Crippen LogP contribution is 2.30. The van der Waals surface area contributed by atoms with Gasteiger partial charge in [0.25, 0.3) is 11.8 Å². The van der Waals surface area contributed by atoms with E-state index in [-0.39, 0.29) is 16.8 Å². The van der Waals surface area contributed by atoms with E-state index in [0.717, 1.165) is 24.2 Å². The number of carbonyl (C=O) groups is 2. The molecule has 1 fully saturated rings. The second-order valence-electron chi connectivity index (χ2n) is 5.55. The molecule has 126 valence electrons. The van der Waals surface area contributed by atoms with E-state index >= 15 is 0 Å². The van der Waals surface area contributed by atoms with Crippen LogP contribution in [-0.2, 0) is 0 Å². The van der Waals surface area contributed by atoms with Crippen LogP contribution in [-0.4, -0.2) is 44.9 Å². The summed E-state index contributed by atoms with van der Waals surface area (Å²) in [6.07, 6.45) is 2.96. The van der Waals surface area contributed by atoms with Gasteiger partial charge in [0, 0.05) is 25.1 Å². The molecule has 2 aromatic rings. The maximum Gasteiger partial charge on any atom is 0.324 e. The molecule has 3 rings (SSSR count). The lowest BCUT2D eigenvalue weighted by molar-refractivity contribution is -0.380. The Hall–Kier alpha value is -2.75. The lowest BCUT2D eigenvalue weighted by Gasteiger charge is -2.32. The molecule has 0 aromatic carbocycles. The molecule has 1 aliphatic rings. The Kier molecular flexibility index (Phi) is 4.30. The fourth-order valence-electron chi connectivity index (χ4n) is 2.90. The number of likely N-dealkylation sites (tertiary alicyclic amines) is 1. The predicted molar refractivity (Wildman–Crippen MR) is 86.0 cm³/mol. The molecule has 0 unspecified atom stereocenters. The highest BCUT2D eigenvalue weighted by Gasteiger charge is 2.30. The minimum atomic E-state index is -0.559. The van der Waals surface area contributed by atoms with Crippen LogP contribution < -0.4 is 5.73 Å². The molecule has 0 spiro atoms. The van der Waals surface area contributed by atoms with E-state index in [4.69, 9.17) is 5.73 Å². The second-order valence-corrected chi connectivity index (χ2v) is 6.61. The van der Waals surface area contributed by atoms with Crippen molar-refractivity contribution in [1.82, 2.24) is 15.1 Å². The quantitative estimate of drug-likeness (QED) is 0.637. The maximum atomic E-state index is 12.6. The molecule has 9 nitrogen and oxygen atoms in total. The van der Waals surface area contributed by atoms with Crippen LogP contribution in [0, 0.1) is 10.1 Å². The van der Waals surface area contributed by atoms with Gasteiger partial charge < -0.3 is 10.6 Å². The first kappa shape index (κ1) is 16.1. The Bertz CT molecular complexity index is 799. The molecule has 0 radical (unpaired) electrons. The molecule has 0 aliphatic carbocycles. The number of H-pyrrole nitrogens is 1. The number of thiophene rings is 1. The van der Waals surface area contributed by atoms with Crippen LogP contribution in [0.3, 0.4) is 0 Å². The summed E-state index contributed by atoms with van der Waals surface area (Å²) < 4.78 is 0. The van der Waals surface area contributed by atoms with E-state index in [1.807, 2.05) is 0 Å². The zero-order valence-electron chi connectivity index (χ0n) is 12.6. The van der Waals surface area contributed by atoms with Crippen LogP contribution in [0.4, 0.5) is 5.00 Å². The van der Waals surface area contributed by atoms with Gasteiger partial charge in [-0.15, -0.1) is 0 Å². The summed E-state index contributed by atoms with van der Waals surface area (Å²) in [6.45, 7) is 0.980. The number of nitrogens with two attached hydrogens (primary N) is 1. The van der Waals surface area contributed by atoms with Gasteiger partial charge in [0.1, 0.15) is 0 Å². The van der Waals surface area contributed by atoms with Crippen molar-refractivity contribution in [2.75, 3.05) is 13.1 Å². The van der Waals surface area contributed by atoms with E-state index < -0.39 is 10.8 Å². The largest absolute Gasteiger partial charge is 0.365 e. The van der Waals surface area contributed by atoms with Gasteiger partial charge in [-0.3, -0.25) is 24.8 Å². The SMILES string of the molecule is NC(=O)c1cn[nH]c1[C@H]1CCCN(C(=O)c2ccc([N+](=O)[O-])s2)C1. The van der Waals surface area contributed by atoms with Crippen molar-refractivity contribution >= 4 is 28.2 Å². The number of rotatable bonds is 4. The van der Waals surface area contributed by atoms with Crippen molar-refractivity contribution in [2.24, 2.45) is 5.73 Å². The van der Waals surface area contributed by atoms with Gasteiger partial charge in [-0.25, -0.2) is 0 Å². The summed E-state index contributed by atoms with van der Waals surface area (Å²) in [5, 5.41) is 17.4. The van der Waals surface area contributed by atoms with Crippen molar-refractivity contribution in [3.63, 3.8) is 0 Å². The van der Waals surface area contributed by atoms with E-state index in [0.29, 0.717) is 29.2 Å². The van der Waals surface area contributed by atoms with Crippen LogP contribution in [0.1, 0.15) is 44.5 Å². The first-order valence-corrected chi connectivity index (χ1v) is 8.15. The minimum absolute atomic E-state index is 0.0588. The fraction of sp³-hybridized carbons (Fsp3) is 0.357. The number of hydrogen-bond donors (Lipinski definition) is 2. The number of nitrogens with zero attached hydrogens (tertiary/aromatic N) is 3. The molecule has 3 N–H and O–H groups in total. The number of carbonyl (C=O) groups excluding carboxylic acids is 2. The van der Waals surface area contributed by atoms with Crippen molar-refractivity contribution in [2.45, 2.75) is 18.8 Å². The molecule has 2 aromatic heterocycles. The van der Waals surface area contributed by atoms with Crippen LogP contribution in [0.5, 0.6) is 0 Å². The van der Waals surface area contributed by atoms with Gasteiger partial charge in [0.2, 0.25) is 0 Å². The van der Waals surface area contributed by atoms with Crippen molar-refractivity contribution in [3.8, 4) is 0 Å². The summed E-state index contributed by atoms with van der Waals surface area (Å²) in [7, 11) is 0. The highest BCUT2D eigenvalue weighted by molar-refractivity contribution is 7.17. The van der Waals surface area contributed by atoms with Crippen LogP contribution >= 0.6 is 11.3 Å². The molecular formula is C14H15N5O4S. The topological polar surface area (TPSA) is 135 Å². The zero-order chi connectivity index (χ0) is 17.3. The molecule has 3 heterocycles. The third-order valence-electron chi connectivity index (χ3n) is 4.03. The summed E-state index contributed by atoms with van der Waals surface area (Å²) in [5.41, 5.74) is 6.31. The lowest BCUT2D eigenvalue weighted by atomic mass is 9.92. The minimum Gasteiger partial charge on any atom is -0.365 e. The monoisotopic (exact) mass is 349 g/mol. The number of amides is 2. The standard InChI is InChI=1S/C14H15N5O4S/c15-13(20)9-6-16-17-12(9)8-2-1-5-18(7-8)14(21)10-3-4-11(24-10)19(22)23/h3-4,6,8H,1-2,5,7H2,(H2,15,20)(H,16,17)/t8-/m0/s1. The number of nitro groups is 1. The summed E-state index contributed by atoms with van der Waals surface area (Å²) in [4.78, 5) is 36.2. The van der Waals surface area contributed by atoms with E-state index in [1.165, 1.54) is 18.3 Å². The van der Waals surface area contributed by atoms with Crippen molar-refractivity contribution < 1.29 is 14.5 Å². The van der Waals surface area contributed by atoms with Crippen LogP contribution in [0.2, 0.25) is 0 Å². The van der Waals surface area contributed by atoms with Gasteiger partial charge >= 0.3 is 5.00 Å². The van der Waals surface area contributed by atoms with Crippen molar-refractivity contribution in [3.05, 3.63) is 44.6 Å². The van der Waals surface area contributed by atoms with Gasteiger partial charge in [0.05, 0.1) is 27.3 Å². The maximum absolute atomic E-state index is 12.6. The Labute approximate surface area is 140 Å². The molecule has 0 saturated carbocycles. The molecule has 0 bridgehead atoms. The molecule has 1 aliphatic heterocycles. The van der Waals surface area contributed by atoms with Crippen molar-refractivity contribution in [1.29, 1.82) is 0 Å². The Morgan fingerprint density at radius 2 is 2.25 bits per heavy atom. The van der Waals surface area contributed by atoms with Gasteiger partial charge in [-0.05, 0) is 18.9 Å². The molecule has 10 heteroatoms. The number of nitrogens with one attached hydrogen (secondary N) is 1. The number of aromatic amines is 1. The molecule has 24 heavy (non-hydrogen) atoms. The predicted octanol–water partition coefficient (Wildman–Crippen LogP) is 1.50. The molecule has 1 saturated heterocycles. The van der Waals surface area contributed by atoms with Gasteiger partial charge in [-0.2, -0.15) is 5.10 Å². The second kappa shape index (κ2) is 6.40. The number of hydrogen-bond acceptors (Lipinski definition) is 6. The molecule has 1 atom stereocenters. The average molecular weight is 349 g/mol. The molecule has 2 amide bonds.